The Morgan fingerprint density at radius 3 is 2.70 bits per heavy atom. The van der Waals surface area contributed by atoms with Gasteiger partial charge in [0.1, 0.15) is 5.82 Å². The van der Waals surface area contributed by atoms with Crippen molar-refractivity contribution in [3.8, 4) is 11.5 Å². The van der Waals surface area contributed by atoms with Gasteiger partial charge in [0, 0.05) is 22.5 Å². The number of esters is 1. The van der Waals surface area contributed by atoms with Gasteiger partial charge in [-0.25, -0.2) is 9.78 Å². The van der Waals surface area contributed by atoms with Gasteiger partial charge in [0.2, 0.25) is 5.75 Å². The Bertz CT molecular complexity index is 1320. The van der Waals surface area contributed by atoms with E-state index in [9.17, 15) is 19.7 Å². The highest BCUT2D eigenvalue weighted by molar-refractivity contribution is 9.10. The maximum atomic E-state index is 13.0. The van der Waals surface area contributed by atoms with E-state index >= 15 is 0 Å². The lowest BCUT2D eigenvalue weighted by Crippen LogP contribution is -2.22. The Kier molecular flexibility index (Phi) is 7.38. The van der Waals surface area contributed by atoms with Crippen molar-refractivity contribution in [1.29, 1.82) is 0 Å². The van der Waals surface area contributed by atoms with Crippen LogP contribution in [0, 0.1) is 10.1 Å². The van der Waals surface area contributed by atoms with E-state index in [1.54, 1.807) is 18.2 Å². The summed E-state index contributed by atoms with van der Waals surface area (Å²) in [7, 11) is 2.47. The number of methoxy groups -OCH3 is 2. The minimum atomic E-state index is -0.709. The molecule has 3 aromatic rings. The zero-order valence-corrected chi connectivity index (χ0v) is 19.5. The van der Waals surface area contributed by atoms with Gasteiger partial charge in [-0.15, -0.1) is 0 Å². The lowest BCUT2D eigenvalue weighted by Gasteiger charge is -2.11. The van der Waals surface area contributed by atoms with Crippen LogP contribution in [-0.4, -0.2) is 47.6 Å². The first-order valence-corrected chi connectivity index (χ1v) is 10.4. The topological polar surface area (TPSA) is 135 Å². The van der Waals surface area contributed by atoms with Crippen molar-refractivity contribution in [2.75, 3.05) is 20.8 Å². The van der Waals surface area contributed by atoms with Gasteiger partial charge in [0.25, 0.3) is 5.56 Å². The molecule has 0 fully saturated rings. The molecule has 172 valence electrons. The number of ether oxygens (including phenoxy) is 3. The zero-order valence-electron chi connectivity index (χ0n) is 17.9. The lowest BCUT2D eigenvalue weighted by atomic mass is 10.2. The lowest BCUT2D eigenvalue weighted by molar-refractivity contribution is -0.385. The molecule has 33 heavy (non-hydrogen) atoms. The molecule has 0 amide bonds. The van der Waals surface area contributed by atoms with Gasteiger partial charge in [-0.3, -0.25) is 14.9 Å². The van der Waals surface area contributed by atoms with Crippen molar-refractivity contribution in [3.63, 3.8) is 0 Å². The Hall–Kier alpha value is -3.80. The van der Waals surface area contributed by atoms with Crippen LogP contribution in [0.4, 0.5) is 5.69 Å². The smallest absolute Gasteiger partial charge is 0.343 e. The molecule has 0 radical (unpaired) electrons. The molecule has 0 saturated carbocycles. The third-order valence-corrected chi connectivity index (χ3v) is 5.04. The van der Waals surface area contributed by atoms with E-state index in [4.69, 9.17) is 9.47 Å². The summed E-state index contributed by atoms with van der Waals surface area (Å²) in [5.74, 6) is -0.503. The second kappa shape index (κ2) is 10.2. The Morgan fingerprint density at radius 2 is 2.06 bits per heavy atom. The van der Waals surface area contributed by atoms with Crippen molar-refractivity contribution < 1.29 is 23.9 Å². The minimum absolute atomic E-state index is 0.0122. The van der Waals surface area contributed by atoms with Gasteiger partial charge in [0.05, 0.1) is 36.3 Å². The normalized spacial score (nSPS) is 11.0. The molecule has 0 atom stereocenters. The summed E-state index contributed by atoms with van der Waals surface area (Å²) in [6.45, 7) is 1.30. The van der Waals surface area contributed by atoms with E-state index in [2.05, 4.69) is 30.8 Å². The second-order valence-corrected chi connectivity index (χ2v) is 7.51. The molecule has 0 spiro atoms. The van der Waals surface area contributed by atoms with Gasteiger partial charge in [-0.2, -0.15) is 9.78 Å². The Balaban J connectivity index is 2.08. The van der Waals surface area contributed by atoms with Crippen LogP contribution in [0.3, 0.4) is 0 Å². The van der Waals surface area contributed by atoms with Crippen LogP contribution in [0.1, 0.15) is 18.3 Å². The first kappa shape index (κ1) is 23.9. The van der Waals surface area contributed by atoms with Crippen molar-refractivity contribution in [2.45, 2.75) is 13.3 Å². The van der Waals surface area contributed by atoms with Gasteiger partial charge >= 0.3 is 11.7 Å². The summed E-state index contributed by atoms with van der Waals surface area (Å²) < 4.78 is 16.8. The number of carbonyl (C=O) groups excluding carboxylic acids is 1. The minimum Gasteiger partial charge on any atom is -0.493 e. The van der Waals surface area contributed by atoms with Crippen LogP contribution in [0.15, 0.2) is 44.7 Å². The van der Waals surface area contributed by atoms with Crippen LogP contribution in [0.25, 0.3) is 10.9 Å². The maximum absolute atomic E-state index is 13.0. The highest BCUT2D eigenvalue weighted by Gasteiger charge is 2.23. The number of nitrogens with zero attached hydrogens (tertiary/aromatic N) is 4. The molecular weight excluding hydrogens is 500 g/mol. The van der Waals surface area contributed by atoms with Crippen LogP contribution in [-0.2, 0) is 16.0 Å². The number of hydrogen-bond donors (Lipinski definition) is 0. The van der Waals surface area contributed by atoms with Gasteiger partial charge in [-0.05, 0) is 24.3 Å². The van der Waals surface area contributed by atoms with E-state index in [0.717, 1.165) is 9.15 Å². The molecule has 1 aromatic heterocycles. The van der Waals surface area contributed by atoms with Crippen molar-refractivity contribution in [1.82, 2.24) is 9.66 Å². The van der Waals surface area contributed by atoms with Crippen molar-refractivity contribution >= 4 is 44.7 Å². The molecule has 2 aromatic carbocycles. The summed E-state index contributed by atoms with van der Waals surface area (Å²) in [6, 6.07) is 7.80. The van der Waals surface area contributed by atoms with Gasteiger partial charge in [-0.1, -0.05) is 22.9 Å². The standard InChI is InChI=1S/C21H19BrN4O7/c1-4-18-24-15-6-5-13(22)9-14(15)21(28)25(18)23-10-12-7-16(26(29)30)20(17(8-12)31-2)33-11-19(27)32-3/h5-10H,4,11H2,1-3H3. The average molecular weight is 519 g/mol. The maximum Gasteiger partial charge on any atom is 0.343 e. The predicted molar refractivity (Wildman–Crippen MR) is 123 cm³/mol. The summed E-state index contributed by atoms with van der Waals surface area (Å²) in [4.78, 5) is 39.8. The molecule has 3 rings (SSSR count). The second-order valence-electron chi connectivity index (χ2n) is 6.60. The summed E-state index contributed by atoms with van der Waals surface area (Å²) in [6.07, 6.45) is 1.72. The fraction of sp³-hybridized carbons (Fsp3) is 0.238. The number of aryl methyl sites for hydroxylation is 1. The van der Waals surface area contributed by atoms with E-state index in [1.165, 1.54) is 32.6 Å². The molecule has 0 bridgehead atoms. The number of nitro benzene ring substituents is 1. The van der Waals surface area contributed by atoms with Gasteiger partial charge < -0.3 is 14.2 Å². The number of carbonyl (C=O) groups is 1. The fourth-order valence-corrected chi connectivity index (χ4v) is 3.33. The third kappa shape index (κ3) is 5.17. The number of halogens is 1. The fourth-order valence-electron chi connectivity index (χ4n) is 2.97. The third-order valence-electron chi connectivity index (χ3n) is 4.55. The van der Waals surface area contributed by atoms with Crippen molar-refractivity contribution in [2.24, 2.45) is 5.10 Å². The average Bonchev–Trinajstić information content (AvgIpc) is 2.81. The number of rotatable bonds is 8. The Labute approximate surface area is 195 Å². The monoisotopic (exact) mass is 518 g/mol. The van der Waals surface area contributed by atoms with Crippen LogP contribution >= 0.6 is 15.9 Å². The van der Waals surface area contributed by atoms with Gasteiger partial charge in [0.15, 0.2) is 12.4 Å². The molecule has 11 nitrogen and oxygen atoms in total. The van der Waals surface area contributed by atoms with Crippen LogP contribution < -0.4 is 15.0 Å². The van der Waals surface area contributed by atoms with Crippen molar-refractivity contribution in [3.05, 3.63) is 66.7 Å². The van der Waals surface area contributed by atoms with E-state index in [1.807, 2.05) is 6.92 Å². The molecule has 0 aliphatic carbocycles. The van der Waals surface area contributed by atoms with E-state index in [-0.39, 0.29) is 22.6 Å². The number of benzene rings is 2. The SMILES string of the molecule is CCc1nc2ccc(Br)cc2c(=O)n1N=Cc1cc(OC)c(OCC(=O)OC)c([N+](=O)[O-])c1. The highest BCUT2D eigenvalue weighted by Crippen LogP contribution is 2.38. The molecular formula is C21H19BrN4O7. The number of aromatic nitrogens is 2. The first-order chi connectivity index (χ1) is 15.8. The predicted octanol–water partition coefficient (Wildman–Crippen LogP) is 3.07. The van der Waals surface area contributed by atoms with E-state index in [0.29, 0.717) is 23.1 Å². The quantitative estimate of drug-likeness (QED) is 0.192. The highest BCUT2D eigenvalue weighted by atomic mass is 79.9. The molecule has 0 aliphatic heterocycles. The van der Waals surface area contributed by atoms with Crippen LogP contribution in [0.2, 0.25) is 0 Å². The van der Waals surface area contributed by atoms with E-state index < -0.39 is 23.2 Å². The number of nitro groups is 1. The summed E-state index contributed by atoms with van der Waals surface area (Å²) in [5.41, 5.74) is -0.0135. The molecule has 12 heteroatoms. The van der Waals surface area contributed by atoms with Crippen LogP contribution in [0.5, 0.6) is 11.5 Å². The summed E-state index contributed by atoms with van der Waals surface area (Å²) >= 11 is 3.34. The Morgan fingerprint density at radius 1 is 1.30 bits per heavy atom. The molecule has 0 unspecified atom stereocenters. The molecule has 0 N–H and O–H groups in total. The largest absolute Gasteiger partial charge is 0.493 e. The summed E-state index contributed by atoms with van der Waals surface area (Å²) in [5, 5.41) is 16.2. The number of hydrogen-bond acceptors (Lipinski definition) is 9. The first-order valence-electron chi connectivity index (χ1n) is 9.60. The molecule has 0 aliphatic rings. The number of fused-ring (bicyclic) bond motifs is 1. The molecule has 0 saturated heterocycles. The zero-order chi connectivity index (χ0) is 24.1. The molecule has 1 heterocycles.